The fourth-order valence-corrected chi connectivity index (χ4v) is 7.77. The van der Waals surface area contributed by atoms with Crippen LogP contribution >= 0.6 is 0 Å². The van der Waals surface area contributed by atoms with Crippen molar-refractivity contribution in [3.05, 3.63) is 247 Å². The van der Waals surface area contributed by atoms with Crippen LogP contribution in [0.15, 0.2) is 225 Å². The summed E-state index contributed by atoms with van der Waals surface area (Å²) in [4.78, 5) is 2.09. The number of para-hydroxylation sites is 2. The molecule has 2 aliphatic carbocycles. The summed E-state index contributed by atoms with van der Waals surface area (Å²) in [6, 6.07) is 42.2. The molecule has 0 unspecified atom stereocenters. The highest BCUT2D eigenvalue weighted by atomic mass is 16.5. The zero-order chi connectivity index (χ0) is 35.7. The molecule has 0 saturated heterocycles. The van der Waals surface area contributed by atoms with Gasteiger partial charge < -0.3 is 14.4 Å². The third kappa shape index (κ3) is 5.14. The number of rotatable bonds is 8. The second-order valence-corrected chi connectivity index (χ2v) is 12.7. The molecule has 0 aromatic heterocycles. The van der Waals surface area contributed by atoms with Gasteiger partial charge >= 0.3 is 0 Å². The first kappa shape index (κ1) is 32.4. The summed E-state index contributed by atoms with van der Waals surface area (Å²) in [5, 5.41) is 0. The Morgan fingerprint density at radius 2 is 1.23 bits per heavy atom. The maximum Gasteiger partial charge on any atom is 0.192 e. The van der Waals surface area contributed by atoms with Crippen LogP contribution in [0.5, 0.6) is 11.5 Å². The maximum absolute atomic E-state index is 6.74. The Bertz CT molecular complexity index is 2390. The average Bonchev–Trinajstić information content (AvgIpc) is 3.64. The fraction of sp³-hybridized carbons (Fsp3) is 0.0204. The van der Waals surface area contributed by atoms with E-state index in [-0.39, 0.29) is 0 Å². The van der Waals surface area contributed by atoms with Gasteiger partial charge in [0.25, 0.3) is 0 Å². The molecule has 3 heteroatoms. The summed E-state index contributed by atoms with van der Waals surface area (Å²) in [6.45, 7) is 16.5. The van der Waals surface area contributed by atoms with Gasteiger partial charge in [0.05, 0.1) is 23.6 Å². The molecule has 0 amide bonds. The summed E-state index contributed by atoms with van der Waals surface area (Å²) < 4.78 is 13.2. The van der Waals surface area contributed by atoms with E-state index in [1.807, 2.05) is 72.8 Å². The Labute approximate surface area is 305 Å². The topological polar surface area (TPSA) is 21.7 Å². The van der Waals surface area contributed by atoms with Crippen molar-refractivity contribution < 1.29 is 9.47 Å². The average molecular weight is 672 g/mol. The van der Waals surface area contributed by atoms with Gasteiger partial charge in [0.1, 0.15) is 0 Å². The van der Waals surface area contributed by atoms with E-state index in [0.717, 1.165) is 39.4 Å². The van der Waals surface area contributed by atoms with Crippen LogP contribution < -0.4 is 14.4 Å². The van der Waals surface area contributed by atoms with E-state index in [1.54, 1.807) is 18.6 Å². The third-order valence-corrected chi connectivity index (χ3v) is 9.97. The Balaban J connectivity index is 1.29. The zero-order valence-corrected chi connectivity index (χ0v) is 28.8. The SMILES string of the molecule is C=C/C=C\C(=C)C(=C)/C=C(\C=C)N(c1ccccc1)c1cccc2c1O/C=C/C1=C(/C=C/O2)c2ccccc2C12c1ccccc1-c1ccccc12. The second-order valence-electron chi connectivity index (χ2n) is 12.7. The van der Waals surface area contributed by atoms with E-state index in [0.29, 0.717) is 11.5 Å². The van der Waals surface area contributed by atoms with Crippen molar-refractivity contribution in [2.45, 2.75) is 5.41 Å². The van der Waals surface area contributed by atoms with Gasteiger partial charge in [-0.3, -0.25) is 0 Å². The maximum atomic E-state index is 6.74. The Morgan fingerprint density at radius 1 is 0.615 bits per heavy atom. The van der Waals surface area contributed by atoms with Gasteiger partial charge in [-0.15, -0.1) is 0 Å². The minimum Gasteiger partial charge on any atom is -0.461 e. The standard InChI is InChI=1S/C49H37NO2/c1-5-7-18-34(3)35(4)33-36(6-2)50(37-19-9-8-10-20-37)46-27-17-28-47-48(46)52-32-30-45-41(29-31-51-47)40-23-13-16-26-44(40)49(45)42-24-14-11-21-38(42)39-22-12-15-25-43(39)49/h5-33H,1-4H2/b18-7-,31-29+,32-30+,36-33+. The molecule has 5 aromatic carbocycles. The van der Waals surface area contributed by atoms with Gasteiger partial charge in [0, 0.05) is 11.4 Å². The van der Waals surface area contributed by atoms with Gasteiger partial charge in [-0.2, -0.15) is 0 Å². The first-order valence-electron chi connectivity index (χ1n) is 17.3. The van der Waals surface area contributed by atoms with Crippen LogP contribution in [0.3, 0.4) is 0 Å². The lowest BCUT2D eigenvalue weighted by Gasteiger charge is -2.31. The van der Waals surface area contributed by atoms with E-state index in [2.05, 4.69) is 116 Å². The lowest BCUT2D eigenvalue weighted by atomic mass is 9.69. The molecule has 5 aromatic rings. The molecule has 8 rings (SSSR count). The van der Waals surface area contributed by atoms with Crippen LogP contribution in [-0.4, -0.2) is 0 Å². The predicted octanol–water partition coefficient (Wildman–Crippen LogP) is 12.3. The van der Waals surface area contributed by atoms with Crippen LogP contribution in [0.1, 0.15) is 22.3 Å². The molecule has 3 aliphatic rings. The normalized spacial score (nSPS) is 16.0. The Hall–Kier alpha value is -6.84. The molecule has 0 atom stereocenters. The van der Waals surface area contributed by atoms with Crippen molar-refractivity contribution in [2.75, 3.05) is 4.90 Å². The van der Waals surface area contributed by atoms with Crippen molar-refractivity contribution in [3.8, 4) is 22.6 Å². The Morgan fingerprint density at radius 3 is 1.90 bits per heavy atom. The number of ether oxygens (including phenoxy) is 2. The zero-order valence-electron chi connectivity index (χ0n) is 28.8. The van der Waals surface area contributed by atoms with E-state index in [4.69, 9.17) is 9.47 Å². The first-order chi connectivity index (χ1) is 25.6. The van der Waals surface area contributed by atoms with Crippen molar-refractivity contribution in [1.29, 1.82) is 0 Å². The van der Waals surface area contributed by atoms with E-state index in [9.17, 15) is 0 Å². The van der Waals surface area contributed by atoms with E-state index >= 15 is 0 Å². The highest BCUT2D eigenvalue weighted by Crippen LogP contribution is 2.62. The molecule has 250 valence electrons. The molecule has 1 spiro atoms. The summed E-state index contributed by atoms with van der Waals surface area (Å²) in [7, 11) is 0. The minimum absolute atomic E-state index is 0.525. The molecular formula is C49H37NO2. The predicted molar refractivity (Wildman–Crippen MR) is 216 cm³/mol. The first-order valence-corrected chi connectivity index (χ1v) is 17.3. The highest BCUT2D eigenvalue weighted by molar-refractivity contribution is 5.97. The molecular weight excluding hydrogens is 635 g/mol. The number of hydrogen-bond donors (Lipinski definition) is 0. The molecule has 0 bridgehead atoms. The van der Waals surface area contributed by atoms with Crippen LogP contribution in [0.25, 0.3) is 16.7 Å². The van der Waals surface area contributed by atoms with Crippen molar-refractivity contribution in [3.63, 3.8) is 0 Å². The second kappa shape index (κ2) is 13.5. The molecule has 1 aliphatic heterocycles. The molecule has 0 fully saturated rings. The fourth-order valence-electron chi connectivity index (χ4n) is 7.77. The molecule has 0 saturated carbocycles. The smallest absolute Gasteiger partial charge is 0.192 e. The third-order valence-electron chi connectivity index (χ3n) is 9.97. The van der Waals surface area contributed by atoms with Gasteiger partial charge in [-0.1, -0.05) is 142 Å². The summed E-state index contributed by atoms with van der Waals surface area (Å²) in [6.07, 6.45) is 17.0. The van der Waals surface area contributed by atoms with Gasteiger partial charge in [0.2, 0.25) is 0 Å². The lowest BCUT2D eigenvalue weighted by Crippen LogP contribution is -2.26. The summed E-state index contributed by atoms with van der Waals surface area (Å²) in [5.74, 6) is 1.12. The monoisotopic (exact) mass is 671 g/mol. The highest BCUT2D eigenvalue weighted by Gasteiger charge is 2.51. The number of benzene rings is 5. The number of fused-ring (bicyclic) bond motifs is 10. The number of hydrogen-bond acceptors (Lipinski definition) is 3. The molecule has 1 heterocycles. The van der Waals surface area contributed by atoms with Crippen molar-refractivity contribution >= 4 is 16.9 Å². The Kier molecular flexibility index (Phi) is 8.38. The van der Waals surface area contributed by atoms with Crippen LogP contribution in [0.4, 0.5) is 11.4 Å². The molecule has 0 radical (unpaired) electrons. The molecule has 0 N–H and O–H groups in total. The van der Waals surface area contributed by atoms with Crippen molar-refractivity contribution in [2.24, 2.45) is 0 Å². The number of anilines is 2. The van der Waals surface area contributed by atoms with Crippen LogP contribution in [0, 0.1) is 0 Å². The van der Waals surface area contributed by atoms with Gasteiger partial charge in [-0.05, 0) is 104 Å². The summed E-state index contributed by atoms with van der Waals surface area (Å²) in [5.41, 5.74) is 13.1. The van der Waals surface area contributed by atoms with Gasteiger partial charge in [0.15, 0.2) is 11.5 Å². The van der Waals surface area contributed by atoms with E-state index < -0.39 is 5.41 Å². The quantitative estimate of drug-likeness (QED) is 0.153. The van der Waals surface area contributed by atoms with Crippen LogP contribution in [-0.2, 0) is 5.41 Å². The molecule has 3 nitrogen and oxygen atoms in total. The number of nitrogens with zero attached hydrogens (tertiary/aromatic N) is 1. The largest absolute Gasteiger partial charge is 0.461 e. The minimum atomic E-state index is -0.525. The van der Waals surface area contributed by atoms with Crippen molar-refractivity contribution in [1.82, 2.24) is 0 Å². The lowest BCUT2D eigenvalue weighted by molar-refractivity contribution is 0.417. The van der Waals surface area contributed by atoms with E-state index in [1.165, 1.54) is 33.4 Å². The van der Waals surface area contributed by atoms with Crippen LogP contribution in [0.2, 0.25) is 0 Å². The number of allylic oxidation sites excluding steroid dienone is 11. The molecule has 52 heavy (non-hydrogen) atoms. The van der Waals surface area contributed by atoms with Gasteiger partial charge in [-0.25, -0.2) is 0 Å². The summed E-state index contributed by atoms with van der Waals surface area (Å²) >= 11 is 0.